The molecule has 1 aliphatic carbocycles. The molecular weight excluding hydrogens is 270 g/mol. The van der Waals surface area contributed by atoms with Crippen LogP contribution >= 0.6 is 11.6 Å². The fraction of sp³-hybridized carbons (Fsp3) is 0.294. The van der Waals surface area contributed by atoms with E-state index < -0.39 is 6.10 Å². The molecule has 3 atom stereocenters. The number of nitrogens with zero attached hydrogens (tertiary/aromatic N) is 1. The maximum absolute atomic E-state index is 9.90. The smallest absolute Gasteiger partial charge is 0.104 e. The Morgan fingerprint density at radius 3 is 2.70 bits per heavy atom. The van der Waals surface area contributed by atoms with Crippen LogP contribution in [-0.4, -0.2) is 35.2 Å². The molecule has 104 valence electrons. The first kappa shape index (κ1) is 13.6. The Morgan fingerprint density at radius 1 is 1.20 bits per heavy atom. The van der Waals surface area contributed by atoms with Gasteiger partial charge in [0.2, 0.25) is 0 Å². The average molecular weight is 288 g/mol. The summed E-state index contributed by atoms with van der Waals surface area (Å²) in [4.78, 5) is 2.13. The molecule has 2 nitrogen and oxygen atoms in total. The minimum atomic E-state index is -0.509. The molecule has 2 aliphatic rings. The summed E-state index contributed by atoms with van der Waals surface area (Å²) >= 11 is 6.41. The molecule has 0 fully saturated rings. The van der Waals surface area contributed by atoms with Crippen molar-refractivity contribution in [1.29, 1.82) is 0 Å². The first-order valence-electron chi connectivity index (χ1n) is 6.84. The van der Waals surface area contributed by atoms with E-state index in [2.05, 4.69) is 35.2 Å². The van der Waals surface area contributed by atoms with Crippen molar-refractivity contribution in [3.8, 4) is 0 Å². The number of rotatable bonds is 1. The van der Waals surface area contributed by atoms with Gasteiger partial charge in [0.05, 0.1) is 6.10 Å². The van der Waals surface area contributed by atoms with E-state index in [1.807, 2.05) is 25.3 Å². The molecule has 0 bridgehead atoms. The number of halogens is 1. The highest BCUT2D eigenvalue weighted by atomic mass is 35.5. The molecule has 1 aromatic carbocycles. The van der Waals surface area contributed by atoms with Crippen molar-refractivity contribution in [3.63, 3.8) is 0 Å². The van der Waals surface area contributed by atoms with Crippen molar-refractivity contribution < 1.29 is 5.11 Å². The van der Waals surface area contributed by atoms with Gasteiger partial charge >= 0.3 is 0 Å². The molecule has 3 unspecified atom stereocenters. The van der Waals surface area contributed by atoms with Crippen molar-refractivity contribution in [3.05, 3.63) is 71.3 Å². The van der Waals surface area contributed by atoms with Gasteiger partial charge < -0.3 is 5.11 Å². The quantitative estimate of drug-likeness (QED) is 0.634. The molecule has 0 spiro atoms. The molecule has 0 saturated carbocycles. The first-order valence-corrected chi connectivity index (χ1v) is 7.28. The Labute approximate surface area is 124 Å². The molecule has 0 aromatic heterocycles. The lowest BCUT2D eigenvalue weighted by atomic mass is 9.83. The van der Waals surface area contributed by atoms with E-state index in [1.54, 1.807) is 6.08 Å². The normalized spacial score (nSPS) is 30.2. The molecule has 1 heterocycles. The van der Waals surface area contributed by atoms with E-state index in [0.717, 1.165) is 12.1 Å². The number of aliphatic hydroxyl groups excluding tert-OH is 1. The number of likely N-dealkylation sites (N-methyl/N-ethyl adjacent to an activating group) is 1. The topological polar surface area (TPSA) is 23.5 Å². The predicted molar refractivity (Wildman–Crippen MR) is 82.8 cm³/mol. The highest BCUT2D eigenvalue weighted by molar-refractivity contribution is 6.21. The molecule has 1 aliphatic heterocycles. The van der Waals surface area contributed by atoms with Crippen LogP contribution in [-0.2, 0) is 0 Å². The van der Waals surface area contributed by atoms with Crippen LogP contribution in [0, 0.1) is 0 Å². The Morgan fingerprint density at radius 2 is 1.95 bits per heavy atom. The van der Waals surface area contributed by atoms with Crippen molar-refractivity contribution in [2.24, 2.45) is 0 Å². The molecular formula is C17H18ClNO. The van der Waals surface area contributed by atoms with Gasteiger partial charge in [-0.05, 0) is 35.9 Å². The van der Waals surface area contributed by atoms with Crippen LogP contribution < -0.4 is 0 Å². The minimum absolute atomic E-state index is 0.123. The van der Waals surface area contributed by atoms with E-state index in [1.165, 1.54) is 11.1 Å². The highest BCUT2D eigenvalue weighted by Gasteiger charge is 2.28. The Hall–Kier alpha value is -1.35. The van der Waals surface area contributed by atoms with Gasteiger partial charge in [-0.2, -0.15) is 0 Å². The number of hydrogen-bond acceptors (Lipinski definition) is 2. The summed E-state index contributed by atoms with van der Waals surface area (Å²) in [7, 11) is 2.03. The van der Waals surface area contributed by atoms with E-state index in [4.69, 9.17) is 11.6 Å². The lowest BCUT2D eigenvalue weighted by Crippen LogP contribution is -2.29. The summed E-state index contributed by atoms with van der Waals surface area (Å²) in [6, 6.07) is 10.4. The summed E-state index contributed by atoms with van der Waals surface area (Å²) in [6.07, 6.45) is 7.26. The van der Waals surface area contributed by atoms with Crippen molar-refractivity contribution in [2.75, 3.05) is 13.6 Å². The monoisotopic (exact) mass is 287 g/mol. The summed E-state index contributed by atoms with van der Waals surface area (Å²) in [5.74, 6) is 0.232. The third-order valence-electron chi connectivity index (χ3n) is 3.94. The van der Waals surface area contributed by atoms with Crippen LogP contribution in [0.25, 0.3) is 0 Å². The largest absolute Gasteiger partial charge is 0.385 e. The standard InChI is InChI=1S/C17H18ClNO/c1-19-11-16(12-5-3-2-4-6-12)15-10-14(20)8-7-13(15)9-17(19)18/h2-10,14,16-17,20H,11H2,1H3. The molecule has 20 heavy (non-hydrogen) atoms. The van der Waals surface area contributed by atoms with Gasteiger partial charge in [0, 0.05) is 12.5 Å². The van der Waals surface area contributed by atoms with Crippen LogP contribution in [0.5, 0.6) is 0 Å². The number of alkyl halides is 1. The highest BCUT2D eigenvalue weighted by Crippen LogP contribution is 2.37. The Kier molecular flexibility index (Phi) is 3.79. The number of hydrogen-bond donors (Lipinski definition) is 1. The van der Waals surface area contributed by atoms with Gasteiger partial charge in [0.25, 0.3) is 0 Å². The van der Waals surface area contributed by atoms with E-state index in [0.29, 0.717) is 0 Å². The summed E-state index contributed by atoms with van der Waals surface area (Å²) in [6.45, 7) is 0.838. The summed E-state index contributed by atoms with van der Waals surface area (Å²) in [5.41, 5.74) is 3.42. The zero-order valence-electron chi connectivity index (χ0n) is 11.4. The molecule has 3 rings (SSSR count). The second-order valence-electron chi connectivity index (χ2n) is 5.37. The van der Waals surface area contributed by atoms with Gasteiger partial charge in [-0.3, -0.25) is 4.90 Å². The lowest BCUT2D eigenvalue weighted by Gasteiger charge is -2.26. The first-order chi connectivity index (χ1) is 9.65. The minimum Gasteiger partial charge on any atom is -0.385 e. The van der Waals surface area contributed by atoms with Crippen molar-refractivity contribution in [1.82, 2.24) is 4.90 Å². The van der Waals surface area contributed by atoms with E-state index in [9.17, 15) is 5.11 Å². The average Bonchev–Trinajstić information content (AvgIpc) is 2.58. The van der Waals surface area contributed by atoms with E-state index in [-0.39, 0.29) is 11.4 Å². The van der Waals surface area contributed by atoms with Gasteiger partial charge in [0.15, 0.2) is 0 Å². The molecule has 0 saturated heterocycles. The molecule has 3 heteroatoms. The third-order valence-corrected chi connectivity index (χ3v) is 4.40. The fourth-order valence-corrected chi connectivity index (χ4v) is 3.05. The lowest BCUT2D eigenvalue weighted by molar-refractivity contribution is 0.268. The SMILES string of the molecule is CN1CC(c2ccccc2)C2=CC(O)C=CC2=CC1Cl. The van der Waals surface area contributed by atoms with Crippen LogP contribution in [0.3, 0.4) is 0 Å². The molecule has 1 N–H and O–H groups in total. The number of aliphatic hydroxyl groups is 1. The van der Waals surface area contributed by atoms with Gasteiger partial charge in [0.1, 0.15) is 5.50 Å². The summed E-state index contributed by atoms with van der Waals surface area (Å²) in [5, 5.41) is 9.90. The van der Waals surface area contributed by atoms with Gasteiger partial charge in [-0.15, -0.1) is 11.6 Å². The predicted octanol–water partition coefficient (Wildman–Crippen LogP) is 3.06. The van der Waals surface area contributed by atoms with Crippen molar-refractivity contribution >= 4 is 11.6 Å². The zero-order valence-corrected chi connectivity index (χ0v) is 12.2. The van der Waals surface area contributed by atoms with Gasteiger partial charge in [-0.1, -0.05) is 42.5 Å². The zero-order chi connectivity index (χ0) is 14.1. The number of benzene rings is 1. The van der Waals surface area contributed by atoms with Crippen molar-refractivity contribution in [2.45, 2.75) is 17.5 Å². The molecule has 1 aromatic rings. The fourth-order valence-electron chi connectivity index (χ4n) is 2.84. The van der Waals surface area contributed by atoms with E-state index >= 15 is 0 Å². The number of fused-ring (bicyclic) bond motifs is 1. The van der Waals surface area contributed by atoms with Crippen LogP contribution in [0.1, 0.15) is 11.5 Å². The molecule has 0 amide bonds. The van der Waals surface area contributed by atoms with Crippen LogP contribution in [0.15, 0.2) is 65.8 Å². The maximum Gasteiger partial charge on any atom is 0.104 e. The third kappa shape index (κ3) is 2.59. The Balaban J connectivity index is 2.07. The van der Waals surface area contributed by atoms with Gasteiger partial charge in [-0.25, -0.2) is 0 Å². The summed E-state index contributed by atoms with van der Waals surface area (Å²) < 4.78 is 0. The second-order valence-corrected chi connectivity index (χ2v) is 5.82. The maximum atomic E-state index is 9.90. The second kappa shape index (κ2) is 5.57. The van der Waals surface area contributed by atoms with Crippen LogP contribution in [0.2, 0.25) is 0 Å². The number of allylic oxidation sites excluding steroid dienone is 2. The van der Waals surface area contributed by atoms with Crippen LogP contribution in [0.4, 0.5) is 0 Å². The molecule has 0 radical (unpaired) electrons. The Bertz CT molecular complexity index is 576.